The fourth-order valence-electron chi connectivity index (χ4n) is 2.41. The van der Waals surface area contributed by atoms with E-state index in [1.165, 1.54) is 14.0 Å². The number of aromatic amines is 1. The van der Waals surface area contributed by atoms with Crippen LogP contribution in [0.3, 0.4) is 0 Å². The zero-order chi connectivity index (χ0) is 19.4. The lowest BCUT2D eigenvalue weighted by Gasteiger charge is -2.13. The van der Waals surface area contributed by atoms with Crippen LogP contribution in [0.25, 0.3) is 0 Å². The summed E-state index contributed by atoms with van der Waals surface area (Å²) in [6, 6.07) is 6.53. The van der Waals surface area contributed by atoms with Gasteiger partial charge in [-0.15, -0.1) is 0 Å². The van der Waals surface area contributed by atoms with Gasteiger partial charge in [-0.05, 0) is 50.6 Å². The molecule has 1 aromatic carbocycles. The van der Waals surface area contributed by atoms with Gasteiger partial charge < -0.3 is 19.8 Å². The van der Waals surface area contributed by atoms with Gasteiger partial charge in [-0.25, -0.2) is 9.59 Å². The van der Waals surface area contributed by atoms with Gasteiger partial charge in [0, 0.05) is 16.4 Å². The first-order chi connectivity index (χ1) is 12.2. The largest absolute Gasteiger partial charge is 0.465 e. The van der Waals surface area contributed by atoms with Crippen LogP contribution < -0.4 is 5.32 Å². The van der Waals surface area contributed by atoms with Crippen molar-refractivity contribution in [1.29, 1.82) is 0 Å². The SMILES string of the molecule is COC(=O)c1c(C)[nH]c(C(=O)OC(C)C(=O)Nc2ccc(Cl)cc2)c1C. The van der Waals surface area contributed by atoms with E-state index in [0.717, 1.165) is 0 Å². The molecule has 138 valence electrons. The summed E-state index contributed by atoms with van der Waals surface area (Å²) in [5, 5.41) is 3.17. The minimum absolute atomic E-state index is 0.106. The Morgan fingerprint density at radius 1 is 1.12 bits per heavy atom. The number of rotatable bonds is 5. The first-order valence-electron chi connectivity index (χ1n) is 7.79. The number of esters is 2. The summed E-state index contributed by atoms with van der Waals surface area (Å²) < 4.78 is 9.90. The number of hydrogen-bond donors (Lipinski definition) is 2. The molecule has 0 aliphatic heterocycles. The lowest BCUT2D eigenvalue weighted by molar-refractivity contribution is -0.123. The molecule has 0 aliphatic carbocycles. The Kier molecular flexibility index (Phi) is 6.05. The topological polar surface area (TPSA) is 97.5 Å². The van der Waals surface area contributed by atoms with Crippen molar-refractivity contribution in [2.24, 2.45) is 0 Å². The normalized spacial score (nSPS) is 11.6. The standard InChI is InChI=1S/C18H19ClN2O5/c1-9-14(17(23)25-4)10(2)20-15(9)18(24)26-11(3)16(22)21-13-7-5-12(19)6-8-13/h5-8,11,20H,1-4H3,(H,21,22). The molecule has 1 atom stereocenters. The van der Waals surface area contributed by atoms with Crippen molar-refractivity contribution in [1.82, 2.24) is 4.98 Å². The number of amides is 1. The van der Waals surface area contributed by atoms with Crippen LogP contribution in [0, 0.1) is 13.8 Å². The number of methoxy groups -OCH3 is 1. The summed E-state index contributed by atoms with van der Waals surface area (Å²) in [6.07, 6.45) is -1.04. The second-order valence-corrected chi connectivity index (χ2v) is 6.10. The fourth-order valence-corrected chi connectivity index (χ4v) is 2.54. The van der Waals surface area contributed by atoms with Crippen LogP contribution in [-0.2, 0) is 14.3 Å². The Balaban J connectivity index is 2.08. The van der Waals surface area contributed by atoms with Crippen molar-refractivity contribution in [3.63, 3.8) is 0 Å². The van der Waals surface area contributed by atoms with Gasteiger partial charge in [0.2, 0.25) is 0 Å². The Bertz CT molecular complexity index is 842. The molecule has 8 heteroatoms. The van der Waals surface area contributed by atoms with Gasteiger partial charge in [-0.2, -0.15) is 0 Å². The van der Waals surface area contributed by atoms with E-state index in [-0.39, 0.29) is 11.3 Å². The molecule has 1 heterocycles. The molecule has 7 nitrogen and oxygen atoms in total. The maximum absolute atomic E-state index is 12.4. The average molecular weight is 379 g/mol. The second-order valence-electron chi connectivity index (χ2n) is 5.66. The van der Waals surface area contributed by atoms with Gasteiger partial charge in [0.1, 0.15) is 5.69 Å². The average Bonchev–Trinajstić information content (AvgIpc) is 2.90. The smallest absolute Gasteiger partial charge is 0.355 e. The van der Waals surface area contributed by atoms with E-state index in [2.05, 4.69) is 10.3 Å². The van der Waals surface area contributed by atoms with Crippen LogP contribution in [0.1, 0.15) is 39.0 Å². The molecule has 0 aliphatic rings. The number of nitrogens with one attached hydrogen (secondary N) is 2. The quantitative estimate of drug-likeness (QED) is 0.778. The number of aromatic nitrogens is 1. The maximum Gasteiger partial charge on any atom is 0.355 e. The maximum atomic E-state index is 12.4. The minimum atomic E-state index is -1.04. The molecule has 0 bridgehead atoms. The van der Waals surface area contributed by atoms with Crippen molar-refractivity contribution in [2.75, 3.05) is 12.4 Å². The van der Waals surface area contributed by atoms with Crippen molar-refractivity contribution in [3.8, 4) is 0 Å². The third-order valence-corrected chi connectivity index (χ3v) is 4.05. The molecule has 1 amide bonds. The molecule has 0 radical (unpaired) electrons. The zero-order valence-corrected chi connectivity index (χ0v) is 15.6. The molecule has 0 fully saturated rings. The van der Waals surface area contributed by atoms with Gasteiger partial charge in [0.25, 0.3) is 5.91 Å². The first kappa shape index (κ1) is 19.5. The highest BCUT2D eigenvalue weighted by Crippen LogP contribution is 2.20. The van der Waals surface area contributed by atoms with Crippen molar-refractivity contribution < 1.29 is 23.9 Å². The molecule has 0 saturated heterocycles. The highest BCUT2D eigenvalue weighted by atomic mass is 35.5. The molecular weight excluding hydrogens is 360 g/mol. The van der Waals surface area contributed by atoms with Crippen LogP contribution in [0.2, 0.25) is 5.02 Å². The lowest BCUT2D eigenvalue weighted by atomic mass is 10.1. The monoisotopic (exact) mass is 378 g/mol. The number of benzene rings is 1. The van der Waals surface area contributed by atoms with Gasteiger partial charge in [-0.3, -0.25) is 4.79 Å². The Morgan fingerprint density at radius 2 is 1.73 bits per heavy atom. The van der Waals surface area contributed by atoms with E-state index in [4.69, 9.17) is 21.1 Å². The molecule has 2 rings (SSSR count). The van der Waals surface area contributed by atoms with Crippen LogP contribution in [-0.4, -0.2) is 36.0 Å². The number of hydrogen-bond acceptors (Lipinski definition) is 5. The predicted molar refractivity (Wildman–Crippen MR) is 96.6 cm³/mol. The van der Waals surface area contributed by atoms with Crippen LogP contribution in [0.15, 0.2) is 24.3 Å². The number of carbonyl (C=O) groups is 3. The van der Waals surface area contributed by atoms with Gasteiger partial charge >= 0.3 is 11.9 Å². The van der Waals surface area contributed by atoms with E-state index in [0.29, 0.717) is 22.0 Å². The predicted octanol–water partition coefficient (Wildman–Crippen LogP) is 3.26. The van der Waals surface area contributed by atoms with Crippen molar-refractivity contribution in [3.05, 3.63) is 51.8 Å². The van der Waals surface area contributed by atoms with Crippen LogP contribution in [0.5, 0.6) is 0 Å². The molecule has 0 spiro atoms. The summed E-state index contributed by atoms with van der Waals surface area (Å²) >= 11 is 5.79. The highest BCUT2D eigenvalue weighted by Gasteiger charge is 2.26. The number of halogens is 1. The van der Waals surface area contributed by atoms with Crippen LogP contribution >= 0.6 is 11.6 Å². The summed E-state index contributed by atoms with van der Waals surface area (Å²) in [5.41, 5.74) is 1.80. The fraction of sp³-hybridized carbons (Fsp3) is 0.278. The van der Waals surface area contributed by atoms with Crippen molar-refractivity contribution >= 4 is 35.1 Å². The Hall–Kier alpha value is -2.80. The number of aryl methyl sites for hydroxylation is 1. The number of anilines is 1. The molecule has 26 heavy (non-hydrogen) atoms. The van der Waals surface area contributed by atoms with E-state index in [1.807, 2.05) is 0 Å². The zero-order valence-electron chi connectivity index (χ0n) is 14.8. The second kappa shape index (κ2) is 8.05. The summed E-state index contributed by atoms with van der Waals surface area (Å²) in [4.78, 5) is 39.1. The van der Waals surface area contributed by atoms with Crippen molar-refractivity contribution in [2.45, 2.75) is 26.9 Å². The summed E-state index contributed by atoms with van der Waals surface area (Å²) in [5.74, 6) is -1.78. The summed E-state index contributed by atoms with van der Waals surface area (Å²) in [7, 11) is 1.26. The van der Waals surface area contributed by atoms with E-state index in [9.17, 15) is 14.4 Å². The van der Waals surface area contributed by atoms with Gasteiger partial charge in [0.15, 0.2) is 6.10 Å². The van der Waals surface area contributed by atoms with E-state index < -0.39 is 23.9 Å². The third kappa shape index (κ3) is 4.23. The molecule has 1 unspecified atom stereocenters. The minimum Gasteiger partial charge on any atom is -0.465 e. The van der Waals surface area contributed by atoms with Crippen LogP contribution in [0.4, 0.5) is 5.69 Å². The molecule has 2 N–H and O–H groups in total. The van der Waals surface area contributed by atoms with E-state index >= 15 is 0 Å². The lowest BCUT2D eigenvalue weighted by Crippen LogP contribution is -2.30. The number of ether oxygens (including phenoxy) is 2. The van der Waals surface area contributed by atoms with E-state index in [1.54, 1.807) is 38.1 Å². The molecule has 1 aromatic heterocycles. The first-order valence-corrected chi connectivity index (χ1v) is 8.17. The molecule has 0 saturated carbocycles. The number of carbonyl (C=O) groups excluding carboxylic acids is 3. The van der Waals surface area contributed by atoms with Gasteiger partial charge in [-0.1, -0.05) is 11.6 Å². The summed E-state index contributed by atoms with van der Waals surface area (Å²) in [6.45, 7) is 4.70. The Morgan fingerprint density at radius 3 is 2.31 bits per heavy atom. The highest BCUT2D eigenvalue weighted by molar-refractivity contribution is 6.30. The van der Waals surface area contributed by atoms with Gasteiger partial charge in [0.05, 0.1) is 12.7 Å². The molecular formula is C18H19ClN2O5. The third-order valence-electron chi connectivity index (χ3n) is 3.80. The number of H-pyrrole nitrogens is 1. The Labute approximate surface area is 155 Å². The molecule has 2 aromatic rings.